The summed E-state index contributed by atoms with van der Waals surface area (Å²) in [6, 6.07) is 8.03. The molecule has 0 bridgehead atoms. The predicted octanol–water partition coefficient (Wildman–Crippen LogP) is 3.36. The molecule has 0 saturated carbocycles. The van der Waals surface area contributed by atoms with Crippen molar-refractivity contribution < 1.29 is 9.32 Å². The zero-order chi connectivity index (χ0) is 19.4. The van der Waals surface area contributed by atoms with Crippen LogP contribution in [0, 0.1) is 12.3 Å². The van der Waals surface area contributed by atoms with Crippen LogP contribution in [-0.4, -0.2) is 47.1 Å². The summed E-state index contributed by atoms with van der Waals surface area (Å²) in [6.07, 6.45) is 6.94. The largest absolute Gasteiger partial charge is 0.343 e. The monoisotopic (exact) mass is 382 g/mol. The van der Waals surface area contributed by atoms with Gasteiger partial charge >= 0.3 is 0 Å². The van der Waals surface area contributed by atoms with Gasteiger partial charge in [-0.25, -0.2) is 0 Å². The average Bonchev–Trinajstić information content (AvgIpc) is 3.10. The number of aryl methyl sites for hydroxylation is 2. The first-order valence-electron chi connectivity index (χ1n) is 10.5. The first kappa shape index (κ1) is 19.1. The number of piperidine rings is 1. The molecule has 0 radical (unpaired) electrons. The Balaban J connectivity index is 1.31. The summed E-state index contributed by atoms with van der Waals surface area (Å²) in [7, 11) is 0. The van der Waals surface area contributed by atoms with E-state index in [1.54, 1.807) is 0 Å². The third-order valence-electron chi connectivity index (χ3n) is 6.36. The fourth-order valence-corrected chi connectivity index (χ4v) is 4.59. The van der Waals surface area contributed by atoms with Crippen LogP contribution in [0.1, 0.15) is 50.0 Å². The third kappa shape index (κ3) is 4.43. The second-order valence-corrected chi connectivity index (χ2v) is 8.37. The van der Waals surface area contributed by atoms with Gasteiger partial charge in [0.25, 0.3) is 0 Å². The lowest BCUT2D eigenvalue weighted by Crippen LogP contribution is -2.38. The zero-order valence-corrected chi connectivity index (χ0v) is 16.7. The summed E-state index contributed by atoms with van der Waals surface area (Å²) in [6.45, 7) is 6.05. The van der Waals surface area contributed by atoms with Crippen LogP contribution >= 0.6 is 0 Å². The lowest BCUT2D eigenvalue weighted by molar-refractivity contribution is -0.131. The van der Waals surface area contributed by atoms with Gasteiger partial charge in [0, 0.05) is 31.5 Å². The molecule has 0 aliphatic carbocycles. The Morgan fingerprint density at radius 3 is 2.89 bits per heavy atom. The lowest BCUT2D eigenvalue weighted by Gasteiger charge is -2.37. The quantitative estimate of drug-likeness (QED) is 0.878. The molecule has 1 spiro atoms. The summed E-state index contributed by atoms with van der Waals surface area (Å²) in [5.41, 5.74) is 2.56. The van der Waals surface area contributed by atoms with Crippen molar-refractivity contribution in [3.05, 3.63) is 35.7 Å². The maximum atomic E-state index is 12.7. The Labute approximate surface area is 166 Å². The average molecular weight is 383 g/mol. The van der Waals surface area contributed by atoms with Crippen molar-refractivity contribution in [2.24, 2.45) is 5.41 Å². The number of carbonyl (C=O) groups excluding carboxylic acids is 1. The molecule has 0 atom stereocenters. The molecule has 2 aliphatic rings. The van der Waals surface area contributed by atoms with E-state index < -0.39 is 0 Å². The molecule has 1 amide bonds. The number of amides is 1. The first-order valence-corrected chi connectivity index (χ1v) is 10.5. The van der Waals surface area contributed by atoms with Crippen molar-refractivity contribution in [2.45, 2.75) is 51.9 Å². The third-order valence-corrected chi connectivity index (χ3v) is 6.36. The Morgan fingerprint density at radius 2 is 2.07 bits per heavy atom. The molecule has 28 heavy (non-hydrogen) atoms. The number of nitrogens with one attached hydrogen (secondary N) is 1. The van der Waals surface area contributed by atoms with Gasteiger partial charge in [0.15, 0.2) is 0 Å². The van der Waals surface area contributed by atoms with Crippen LogP contribution in [-0.2, 0) is 11.2 Å². The minimum atomic E-state index is 0.210. The molecule has 0 unspecified atom stereocenters. The van der Waals surface area contributed by atoms with Gasteiger partial charge in [-0.1, -0.05) is 28.9 Å². The van der Waals surface area contributed by atoms with E-state index in [0.717, 1.165) is 50.1 Å². The van der Waals surface area contributed by atoms with E-state index in [4.69, 9.17) is 4.52 Å². The zero-order valence-electron chi connectivity index (χ0n) is 16.7. The van der Waals surface area contributed by atoms with E-state index in [1.807, 2.05) is 31.2 Å². The number of nitrogens with zero attached hydrogens (tertiary/aromatic N) is 3. The van der Waals surface area contributed by atoms with Crippen molar-refractivity contribution in [2.75, 3.05) is 26.2 Å². The SMILES string of the molecule is Cc1cccc(-c2noc(CCC(=O)N3CCCC4(CCNCC4)CC3)n2)c1. The number of carbonyl (C=O) groups is 1. The van der Waals surface area contributed by atoms with E-state index in [2.05, 4.69) is 20.4 Å². The van der Waals surface area contributed by atoms with E-state index in [9.17, 15) is 4.79 Å². The second-order valence-electron chi connectivity index (χ2n) is 8.37. The smallest absolute Gasteiger partial charge is 0.227 e. The fourth-order valence-electron chi connectivity index (χ4n) is 4.59. The van der Waals surface area contributed by atoms with Gasteiger partial charge in [0.05, 0.1) is 0 Å². The predicted molar refractivity (Wildman–Crippen MR) is 108 cm³/mol. The maximum absolute atomic E-state index is 12.7. The normalized spacial score (nSPS) is 19.5. The molecular weight excluding hydrogens is 352 g/mol. The number of benzene rings is 1. The number of aromatic nitrogens is 2. The van der Waals surface area contributed by atoms with Gasteiger partial charge in [0.1, 0.15) is 0 Å². The van der Waals surface area contributed by atoms with Gasteiger partial charge in [0.2, 0.25) is 17.6 Å². The molecule has 4 rings (SSSR count). The Hall–Kier alpha value is -2.21. The van der Waals surface area contributed by atoms with E-state index in [0.29, 0.717) is 30.0 Å². The summed E-state index contributed by atoms with van der Waals surface area (Å²) in [5.74, 6) is 1.34. The van der Waals surface area contributed by atoms with Gasteiger partial charge in [-0.2, -0.15) is 4.98 Å². The minimum absolute atomic E-state index is 0.210. The molecule has 2 aliphatic heterocycles. The minimum Gasteiger partial charge on any atom is -0.343 e. The summed E-state index contributed by atoms with van der Waals surface area (Å²) in [4.78, 5) is 19.3. The number of hydrogen-bond acceptors (Lipinski definition) is 5. The Bertz CT molecular complexity index is 810. The Morgan fingerprint density at radius 1 is 1.21 bits per heavy atom. The summed E-state index contributed by atoms with van der Waals surface area (Å²) in [5, 5.41) is 7.54. The second kappa shape index (κ2) is 8.43. The topological polar surface area (TPSA) is 71.3 Å². The molecule has 1 N–H and O–H groups in total. The molecule has 2 fully saturated rings. The van der Waals surface area contributed by atoms with Crippen LogP contribution in [0.15, 0.2) is 28.8 Å². The highest BCUT2D eigenvalue weighted by atomic mass is 16.5. The van der Waals surface area contributed by atoms with E-state index >= 15 is 0 Å². The van der Waals surface area contributed by atoms with Gasteiger partial charge < -0.3 is 14.7 Å². The molecule has 1 aromatic heterocycles. The van der Waals surface area contributed by atoms with Crippen molar-refractivity contribution in [3.63, 3.8) is 0 Å². The molecule has 2 aromatic rings. The lowest BCUT2D eigenvalue weighted by atomic mass is 9.73. The standard InChI is InChI=1S/C22H30N4O2/c1-17-4-2-5-18(16-17)21-24-19(28-25-21)6-7-20(27)26-14-3-8-22(11-15-26)9-12-23-13-10-22/h2,4-5,16,23H,3,6-15H2,1H3. The van der Waals surface area contributed by atoms with E-state index in [1.165, 1.54) is 19.3 Å². The summed E-state index contributed by atoms with van der Waals surface area (Å²) >= 11 is 0. The molecule has 6 nitrogen and oxygen atoms in total. The first-order chi connectivity index (χ1) is 13.6. The molecule has 6 heteroatoms. The van der Waals surface area contributed by atoms with Gasteiger partial charge in [-0.15, -0.1) is 0 Å². The highest BCUT2D eigenvalue weighted by Crippen LogP contribution is 2.39. The van der Waals surface area contributed by atoms with Crippen LogP contribution in [0.25, 0.3) is 11.4 Å². The highest BCUT2D eigenvalue weighted by Gasteiger charge is 2.34. The number of hydrogen-bond donors (Lipinski definition) is 1. The van der Waals surface area contributed by atoms with Crippen LogP contribution in [0.4, 0.5) is 0 Å². The number of rotatable bonds is 4. The highest BCUT2D eigenvalue weighted by molar-refractivity contribution is 5.76. The van der Waals surface area contributed by atoms with Crippen LogP contribution in [0.5, 0.6) is 0 Å². The number of likely N-dealkylation sites (tertiary alicyclic amines) is 1. The molecule has 2 saturated heterocycles. The van der Waals surface area contributed by atoms with Crippen LogP contribution in [0.2, 0.25) is 0 Å². The van der Waals surface area contributed by atoms with Gasteiger partial charge in [-0.3, -0.25) is 4.79 Å². The van der Waals surface area contributed by atoms with Crippen LogP contribution in [0.3, 0.4) is 0 Å². The molecule has 1 aromatic carbocycles. The van der Waals surface area contributed by atoms with E-state index in [-0.39, 0.29) is 5.91 Å². The Kier molecular flexibility index (Phi) is 5.76. The van der Waals surface area contributed by atoms with Crippen LogP contribution < -0.4 is 5.32 Å². The fraction of sp³-hybridized carbons (Fsp3) is 0.591. The van der Waals surface area contributed by atoms with Crippen molar-refractivity contribution in [1.82, 2.24) is 20.4 Å². The van der Waals surface area contributed by atoms with Crippen molar-refractivity contribution >= 4 is 5.91 Å². The van der Waals surface area contributed by atoms with Gasteiger partial charge in [-0.05, 0) is 63.6 Å². The molecule has 3 heterocycles. The maximum Gasteiger partial charge on any atom is 0.227 e. The molecule has 150 valence electrons. The van der Waals surface area contributed by atoms with Crippen molar-refractivity contribution in [1.29, 1.82) is 0 Å². The molecular formula is C22H30N4O2. The summed E-state index contributed by atoms with van der Waals surface area (Å²) < 4.78 is 5.37. The van der Waals surface area contributed by atoms with Crippen molar-refractivity contribution in [3.8, 4) is 11.4 Å².